The summed E-state index contributed by atoms with van der Waals surface area (Å²) in [4.78, 5) is 7.36. The summed E-state index contributed by atoms with van der Waals surface area (Å²) in [5.74, 6) is 1.04. The lowest BCUT2D eigenvalue weighted by Crippen LogP contribution is -2.28. The van der Waals surface area contributed by atoms with Gasteiger partial charge in [0.1, 0.15) is 0 Å². The number of aliphatic imine (C=N–C) groups is 1. The molecule has 1 N–H and O–H groups in total. The number of rotatable bonds is 1. The van der Waals surface area contributed by atoms with E-state index in [-0.39, 0.29) is 6.04 Å². The molecule has 0 fully saturated rings. The van der Waals surface area contributed by atoms with E-state index in [9.17, 15) is 0 Å². The van der Waals surface area contributed by atoms with Gasteiger partial charge in [0.2, 0.25) is 0 Å². The van der Waals surface area contributed by atoms with Crippen LogP contribution in [-0.4, -0.2) is 12.4 Å². The molecule has 3 heteroatoms. The van der Waals surface area contributed by atoms with Gasteiger partial charge in [-0.15, -0.1) is 11.3 Å². The molecule has 2 rings (SSSR count). The molecule has 0 bridgehead atoms. The Bertz CT molecular complexity index is 485. The molecule has 2 heterocycles. The summed E-state index contributed by atoms with van der Waals surface area (Å²) in [6, 6.07) is 2.52. The molecule has 0 aliphatic carbocycles. The highest BCUT2D eigenvalue weighted by Crippen LogP contribution is 2.32. The van der Waals surface area contributed by atoms with E-state index < -0.39 is 0 Å². The summed E-state index contributed by atoms with van der Waals surface area (Å²) < 4.78 is 0. The van der Waals surface area contributed by atoms with Crippen molar-refractivity contribution in [2.24, 2.45) is 4.99 Å². The third-order valence-corrected chi connectivity index (χ3v) is 4.64. The van der Waals surface area contributed by atoms with E-state index in [1.54, 1.807) is 0 Å². The topological polar surface area (TPSA) is 24.4 Å². The molecular formula is C16H24N2S. The summed E-state index contributed by atoms with van der Waals surface area (Å²) in [5, 5.41) is 3.56. The Kier molecular flexibility index (Phi) is 4.81. The standard InChI is InChI=1S/C16H24N2S/c1-11-8-6-5-7-9-17-14(4)18-16(11)15-10-12(2)19-13(15)3/h10,16H,1,5-9H2,2-4H3,(H,17,18). The molecule has 0 spiro atoms. The van der Waals surface area contributed by atoms with Gasteiger partial charge in [-0.3, -0.25) is 4.99 Å². The fourth-order valence-corrected chi connectivity index (χ4v) is 3.59. The lowest BCUT2D eigenvalue weighted by molar-refractivity contribution is 0.621. The van der Waals surface area contributed by atoms with Crippen molar-refractivity contribution >= 4 is 17.2 Å². The van der Waals surface area contributed by atoms with Crippen LogP contribution in [0.15, 0.2) is 23.2 Å². The van der Waals surface area contributed by atoms with Gasteiger partial charge in [0, 0.05) is 16.3 Å². The van der Waals surface area contributed by atoms with E-state index in [1.165, 1.54) is 40.2 Å². The van der Waals surface area contributed by atoms with Gasteiger partial charge < -0.3 is 5.32 Å². The van der Waals surface area contributed by atoms with Crippen LogP contribution in [0.3, 0.4) is 0 Å². The number of nitrogens with zero attached hydrogens (tertiary/aromatic N) is 1. The quantitative estimate of drug-likeness (QED) is 0.748. The molecule has 1 aliphatic rings. The van der Waals surface area contributed by atoms with Gasteiger partial charge in [-0.1, -0.05) is 18.6 Å². The first kappa shape index (κ1) is 14.3. The first-order valence-corrected chi connectivity index (χ1v) is 7.92. The molecule has 1 unspecified atom stereocenters. The number of nitrogens with one attached hydrogen (secondary N) is 1. The van der Waals surface area contributed by atoms with Crippen molar-refractivity contribution in [2.45, 2.75) is 52.5 Å². The maximum absolute atomic E-state index is 4.60. The number of thiophene rings is 1. The molecular weight excluding hydrogens is 252 g/mol. The Hall–Kier alpha value is -1.09. The van der Waals surface area contributed by atoms with Crippen molar-refractivity contribution in [2.75, 3.05) is 6.54 Å². The van der Waals surface area contributed by atoms with Crippen LogP contribution in [0.1, 0.15) is 54.0 Å². The van der Waals surface area contributed by atoms with Gasteiger partial charge in [0.25, 0.3) is 0 Å². The summed E-state index contributed by atoms with van der Waals surface area (Å²) >= 11 is 1.87. The van der Waals surface area contributed by atoms with Crippen LogP contribution in [0.5, 0.6) is 0 Å². The first-order chi connectivity index (χ1) is 9.08. The van der Waals surface area contributed by atoms with Crippen LogP contribution < -0.4 is 5.32 Å². The van der Waals surface area contributed by atoms with Crippen LogP contribution in [0, 0.1) is 13.8 Å². The third kappa shape index (κ3) is 3.69. The lowest BCUT2D eigenvalue weighted by Gasteiger charge is -2.23. The predicted octanol–water partition coefficient (Wildman–Crippen LogP) is 4.54. The van der Waals surface area contributed by atoms with Crippen LogP contribution in [0.25, 0.3) is 0 Å². The van der Waals surface area contributed by atoms with Crippen molar-refractivity contribution in [3.05, 3.63) is 33.5 Å². The third-order valence-electron chi connectivity index (χ3n) is 3.66. The summed E-state index contributed by atoms with van der Waals surface area (Å²) in [6.45, 7) is 11.7. The highest BCUT2D eigenvalue weighted by molar-refractivity contribution is 7.12. The molecule has 0 saturated heterocycles. The average Bonchev–Trinajstić information content (AvgIpc) is 2.69. The van der Waals surface area contributed by atoms with Crippen molar-refractivity contribution in [3.8, 4) is 0 Å². The Morgan fingerprint density at radius 3 is 2.74 bits per heavy atom. The van der Waals surface area contributed by atoms with E-state index in [4.69, 9.17) is 0 Å². The molecule has 1 aliphatic heterocycles. The molecule has 0 amide bonds. The second-order valence-electron chi connectivity index (χ2n) is 5.38. The minimum atomic E-state index is 0.229. The van der Waals surface area contributed by atoms with Gasteiger partial charge in [0.05, 0.1) is 11.9 Å². The van der Waals surface area contributed by atoms with Gasteiger partial charge >= 0.3 is 0 Å². The molecule has 0 radical (unpaired) electrons. The SMILES string of the molecule is C=C1CCCCC/N=C(/C)NC1c1cc(C)sc1C. The molecule has 2 nitrogen and oxygen atoms in total. The van der Waals surface area contributed by atoms with Crippen LogP contribution in [-0.2, 0) is 0 Å². The zero-order valence-corrected chi connectivity index (χ0v) is 13.1. The van der Waals surface area contributed by atoms with Crippen molar-refractivity contribution in [1.29, 1.82) is 0 Å². The first-order valence-electron chi connectivity index (χ1n) is 7.10. The highest BCUT2D eigenvalue weighted by atomic mass is 32.1. The number of hydrogen-bond acceptors (Lipinski definition) is 3. The molecule has 104 valence electrons. The molecule has 1 aromatic heterocycles. The molecule has 0 saturated carbocycles. The maximum atomic E-state index is 4.60. The number of amidine groups is 1. The minimum absolute atomic E-state index is 0.229. The Morgan fingerprint density at radius 2 is 2.05 bits per heavy atom. The van der Waals surface area contributed by atoms with Crippen molar-refractivity contribution in [1.82, 2.24) is 5.32 Å². The fraction of sp³-hybridized carbons (Fsp3) is 0.562. The molecule has 1 aromatic rings. The predicted molar refractivity (Wildman–Crippen MR) is 85.3 cm³/mol. The fourth-order valence-electron chi connectivity index (χ4n) is 2.62. The normalized spacial score (nSPS) is 24.5. The Balaban J connectivity index is 2.29. The van der Waals surface area contributed by atoms with Crippen LogP contribution in [0.2, 0.25) is 0 Å². The molecule has 0 aromatic carbocycles. The van der Waals surface area contributed by atoms with E-state index in [0.717, 1.165) is 18.8 Å². The van der Waals surface area contributed by atoms with Crippen molar-refractivity contribution < 1.29 is 0 Å². The number of hydrogen-bond donors (Lipinski definition) is 1. The largest absolute Gasteiger partial charge is 0.363 e. The van der Waals surface area contributed by atoms with E-state index >= 15 is 0 Å². The van der Waals surface area contributed by atoms with E-state index in [0.29, 0.717) is 0 Å². The summed E-state index contributed by atoms with van der Waals surface area (Å²) in [6.07, 6.45) is 4.78. The zero-order valence-electron chi connectivity index (χ0n) is 12.3. The molecule has 19 heavy (non-hydrogen) atoms. The summed E-state index contributed by atoms with van der Waals surface area (Å²) in [7, 11) is 0. The second kappa shape index (κ2) is 6.38. The minimum Gasteiger partial charge on any atom is -0.363 e. The second-order valence-corrected chi connectivity index (χ2v) is 6.84. The zero-order chi connectivity index (χ0) is 13.8. The molecule has 1 atom stereocenters. The van der Waals surface area contributed by atoms with Gasteiger partial charge in [0.15, 0.2) is 0 Å². The lowest BCUT2D eigenvalue weighted by atomic mass is 9.95. The van der Waals surface area contributed by atoms with Crippen LogP contribution in [0.4, 0.5) is 0 Å². The average molecular weight is 276 g/mol. The van der Waals surface area contributed by atoms with E-state index in [2.05, 4.69) is 43.7 Å². The van der Waals surface area contributed by atoms with Gasteiger partial charge in [-0.25, -0.2) is 0 Å². The van der Waals surface area contributed by atoms with E-state index in [1.807, 2.05) is 11.3 Å². The van der Waals surface area contributed by atoms with Crippen molar-refractivity contribution in [3.63, 3.8) is 0 Å². The maximum Gasteiger partial charge on any atom is 0.0938 e. The Labute approximate surface area is 120 Å². The number of aryl methyl sites for hydroxylation is 2. The Morgan fingerprint density at radius 1 is 1.26 bits per heavy atom. The summed E-state index contributed by atoms with van der Waals surface area (Å²) in [5.41, 5.74) is 2.67. The monoisotopic (exact) mass is 276 g/mol. The van der Waals surface area contributed by atoms with Gasteiger partial charge in [-0.2, -0.15) is 0 Å². The smallest absolute Gasteiger partial charge is 0.0938 e. The van der Waals surface area contributed by atoms with Gasteiger partial charge in [-0.05, 0) is 51.7 Å². The highest BCUT2D eigenvalue weighted by Gasteiger charge is 2.19. The van der Waals surface area contributed by atoms with Crippen LogP contribution >= 0.6 is 11.3 Å².